The Bertz CT molecular complexity index is 417. The smallest absolute Gasteiger partial charge is 0.138 e. The molecule has 2 fully saturated rings. The van der Waals surface area contributed by atoms with Gasteiger partial charge >= 0.3 is 0 Å². The number of rotatable bonds is 6. The van der Waals surface area contributed by atoms with Crippen LogP contribution in [0.15, 0.2) is 6.33 Å². The summed E-state index contributed by atoms with van der Waals surface area (Å²) >= 11 is 0. The summed E-state index contributed by atoms with van der Waals surface area (Å²) in [5, 5.41) is 14.5. The molecular formula is C15H25N3O. The van der Waals surface area contributed by atoms with Gasteiger partial charge in [-0.15, -0.1) is 0 Å². The topological polar surface area (TPSA) is 50.9 Å². The van der Waals surface area contributed by atoms with Crippen LogP contribution in [0.1, 0.15) is 51.3 Å². The second kappa shape index (κ2) is 5.61. The highest BCUT2D eigenvalue weighted by molar-refractivity contribution is 4.93. The van der Waals surface area contributed by atoms with Gasteiger partial charge in [-0.1, -0.05) is 13.3 Å². The van der Waals surface area contributed by atoms with Crippen molar-refractivity contribution < 1.29 is 5.11 Å². The van der Waals surface area contributed by atoms with Gasteiger partial charge in [-0.2, -0.15) is 5.10 Å². The van der Waals surface area contributed by atoms with E-state index in [-0.39, 0.29) is 6.10 Å². The lowest BCUT2D eigenvalue weighted by molar-refractivity contribution is 0.121. The molecule has 3 rings (SSSR count). The first-order chi connectivity index (χ1) is 9.26. The minimum absolute atomic E-state index is 0.246. The fraction of sp³-hybridized carbons (Fsp3) is 0.867. The monoisotopic (exact) mass is 263 g/mol. The summed E-state index contributed by atoms with van der Waals surface area (Å²) in [5.41, 5.74) is 0. The Kier molecular flexibility index (Phi) is 3.87. The number of aliphatic hydroxyl groups is 1. The minimum atomic E-state index is -0.246. The molecule has 0 saturated heterocycles. The molecule has 0 amide bonds. The van der Waals surface area contributed by atoms with E-state index in [2.05, 4.69) is 17.0 Å². The van der Waals surface area contributed by atoms with Crippen LogP contribution in [-0.4, -0.2) is 26.0 Å². The van der Waals surface area contributed by atoms with E-state index < -0.39 is 0 Å². The molecule has 4 unspecified atom stereocenters. The second-order valence-electron chi connectivity index (χ2n) is 6.43. The maximum atomic E-state index is 10.3. The molecule has 0 aromatic carbocycles. The van der Waals surface area contributed by atoms with Gasteiger partial charge in [0.1, 0.15) is 12.2 Å². The summed E-state index contributed by atoms with van der Waals surface area (Å²) in [7, 11) is 0. The van der Waals surface area contributed by atoms with Crippen LogP contribution >= 0.6 is 0 Å². The van der Waals surface area contributed by atoms with E-state index in [9.17, 15) is 5.11 Å². The van der Waals surface area contributed by atoms with Gasteiger partial charge in [0.05, 0.1) is 6.10 Å². The number of hydrogen-bond acceptors (Lipinski definition) is 3. The molecule has 2 aliphatic rings. The van der Waals surface area contributed by atoms with E-state index in [1.807, 2.05) is 4.68 Å². The third kappa shape index (κ3) is 2.83. The first-order valence-electron chi connectivity index (χ1n) is 7.81. The summed E-state index contributed by atoms with van der Waals surface area (Å²) < 4.78 is 1.93. The van der Waals surface area contributed by atoms with Crippen LogP contribution in [0.2, 0.25) is 0 Å². The van der Waals surface area contributed by atoms with E-state index in [4.69, 9.17) is 0 Å². The van der Waals surface area contributed by atoms with Gasteiger partial charge < -0.3 is 5.11 Å². The molecule has 0 spiro atoms. The molecule has 0 radical (unpaired) electrons. The molecule has 1 heterocycles. The summed E-state index contributed by atoms with van der Waals surface area (Å²) in [6.07, 6.45) is 9.63. The first kappa shape index (κ1) is 13.1. The Morgan fingerprint density at radius 3 is 3.00 bits per heavy atom. The molecule has 19 heavy (non-hydrogen) atoms. The zero-order chi connectivity index (χ0) is 13.2. The molecule has 4 nitrogen and oxygen atoms in total. The quantitative estimate of drug-likeness (QED) is 0.857. The van der Waals surface area contributed by atoms with Gasteiger partial charge in [0.25, 0.3) is 0 Å². The third-order valence-electron chi connectivity index (χ3n) is 5.01. The molecule has 1 aromatic heterocycles. The molecule has 4 heteroatoms. The molecular weight excluding hydrogens is 238 g/mol. The van der Waals surface area contributed by atoms with Crippen molar-refractivity contribution >= 4 is 0 Å². The number of hydrogen-bond donors (Lipinski definition) is 1. The summed E-state index contributed by atoms with van der Waals surface area (Å²) in [6.45, 7) is 3.04. The van der Waals surface area contributed by atoms with E-state index in [1.165, 1.54) is 25.7 Å². The zero-order valence-corrected chi connectivity index (χ0v) is 11.8. The van der Waals surface area contributed by atoms with E-state index >= 15 is 0 Å². The van der Waals surface area contributed by atoms with Gasteiger partial charge in [0, 0.05) is 13.0 Å². The van der Waals surface area contributed by atoms with Gasteiger partial charge in [-0.3, -0.25) is 4.68 Å². The van der Waals surface area contributed by atoms with Gasteiger partial charge in [0.15, 0.2) is 0 Å². The maximum absolute atomic E-state index is 10.3. The van der Waals surface area contributed by atoms with Crippen molar-refractivity contribution in [2.75, 3.05) is 0 Å². The highest BCUT2D eigenvalue weighted by atomic mass is 16.3. The maximum Gasteiger partial charge on any atom is 0.138 e. The second-order valence-corrected chi connectivity index (χ2v) is 6.43. The number of nitrogens with zero attached hydrogens (tertiary/aromatic N) is 3. The lowest BCUT2D eigenvalue weighted by atomic mass is 9.84. The standard InChI is InChI=1S/C15H25N3O/c1-2-5-18-15(16-10-17-18)9-14(19)8-13-7-11-3-4-12(13)6-11/h10-14,19H,2-9H2,1H3. The number of aliphatic hydroxyl groups excluding tert-OH is 1. The van der Waals surface area contributed by atoms with Gasteiger partial charge in [0.2, 0.25) is 0 Å². The SMILES string of the molecule is CCCn1ncnc1CC(O)CC1CC2CCC1C2. The Hall–Kier alpha value is -0.900. The Labute approximate surface area is 115 Å². The fourth-order valence-corrected chi connectivity index (χ4v) is 4.15. The molecule has 2 saturated carbocycles. The van der Waals surface area contributed by atoms with Crippen LogP contribution in [0.4, 0.5) is 0 Å². The van der Waals surface area contributed by atoms with Crippen LogP contribution < -0.4 is 0 Å². The summed E-state index contributed by atoms with van der Waals surface area (Å²) in [4.78, 5) is 4.29. The van der Waals surface area contributed by atoms with Crippen molar-refractivity contribution in [1.29, 1.82) is 0 Å². The fourth-order valence-electron chi connectivity index (χ4n) is 4.15. The third-order valence-corrected chi connectivity index (χ3v) is 5.01. The van der Waals surface area contributed by atoms with Crippen molar-refractivity contribution in [1.82, 2.24) is 14.8 Å². The number of aromatic nitrogens is 3. The number of aryl methyl sites for hydroxylation is 1. The first-order valence-corrected chi connectivity index (χ1v) is 7.81. The predicted octanol–water partition coefficient (Wildman–Crippen LogP) is 2.42. The normalized spacial score (nSPS) is 30.9. The molecule has 4 atom stereocenters. The van der Waals surface area contributed by atoms with Gasteiger partial charge in [-0.05, 0) is 49.9 Å². The number of fused-ring (bicyclic) bond motifs is 2. The van der Waals surface area contributed by atoms with Crippen molar-refractivity contribution in [3.63, 3.8) is 0 Å². The highest BCUT2D eigenvalue weighted by Gasteiger charge is 2.39. The predicted molar refractivity (Wildman–Crippen MR) is 73.6 cm³/mol. The zero-order valence-electron chi connectivity index (χ0n) is 11.8. The molecule has 2 aliphatic carbocycles. The Morgan fingerprint density at radius 2 is 2.32 bits per heavy atom. The van der Waals surface area contributed by atoms with Crippen molar-refractivity contribution in [2.45, 2.75) is 64.5 Å². The molecule has 1 N–H and O–H groups in total. The molecule has 0 aliphatic heterocycles. The molecule has 1 aromatic rings. The Balaban J connectivity index is 1.53. The van der Waals surface area contributed by atoms with Gasteiger partial charge in [-0.25, -0.2) is 4.98 Å². The largest absolute Gasteiger partial charge is 0.393 e. The minimum Gasteiger partial charge on any atom is -0.393 e. The van der Waals surface area contributed by atoms with Crippen molar-refractivity contribution in [3.8, 4) is 0 Å². The van der Waals surface area contributed by atoms with E-state index in [0.29, 0.717) is 6.42 Å². The average molecular weight is 263 g/mol. The molecule has 2 bridgehead atoms. The van der Waals surface area contributed by atoms with E-state index in [1.54, 1.807) is 6.33 Å². The molecule has 106 valence electrons. The van der Waals surface area contributed by atoms with Crippen molar-refractivity contribution in [3.05, 3.63) is 12.2 Å². The van der Waals surface area contributed by atoms with Crippen LogP contribution in [0.5, 0.6) is 0 Å². The van der Waals surface area contributed by atoms with Crippen LogP contribution in [-0.2, 0) is 13.0 Å². The van der Waals surface area contributed by atoms with Crippen LogP contribution in [0, 0.1) is 17.8 Å². The summed E-state index contributed by atoms with van der Waals surface area (Å²) in [6, 6.07) is 0. The van der Waals surface area contributed by atoms with E-state index in [0.717, 1.165) is 43.0 Å². The average Bonchev–Trinajstić information content (AvgIpc) is 3.07. The van der Waals surface area contributed by atoms with Crippen LogP contribution in [0.3, 0.4) is 0 Å². The highest BCUT2D eigenvalue weighted by Crippen LogP contribution is 2.49. The van der Waals surface area contributed by atoms with Crippen LogP contribution in [0.25, 0.3) is 0 Å². The lowest BCUT2D eigenvalue weighted by Gasteiger charge is -2.24. The Morgan fingerprint density at radius 1 is 1.42 bits per heavy atom. The van der Waals surface area contributed by atoms with Crippen molar-refractivity contribution in [2.24, 2.45) is 17.8 Å². The lowest BCUT2D eigenvalue weighted by Crippen LogP contribution is -2.22. The summed E-state index contributed by atoms with van der Waals surface area (Å²) in [5.74, 6) is 3.56.